The van der Waals surface area contributed by atoms with Crippen LogP contribution in [0.4, 0.5) is 17.1 Å². The smallest absolute Gasteiger partial charge is 0.335 e. The molecule has 5 nitrogen and oxygen atoms in total. The molecular formula is C16H13N3O2. The van der Waals surface area contributed by atoms with E-state index in [1.807, 2.05) is 24.3 Å². The summed E-state index contributed by atoms with van der Waals surface area (Å²) in [6, 6.07) is 12.3. The van der Waals surface area contributed by atoms with Crippen LogP contribution in [0.5, 0.6) is 0 Å². The zero-order valence-electron chi connectivity index (χ0n) is 11.1. The molecular weight excluding hydrogens is 266 g/mol. The fourth-order valence-electron chi connectivity index (χ4n) is 2.17. The Bertz CT molecular complexity index is 825. The van der Waals surface area contributed by atoms with Crippen molar-refractivity contribution in [2.24, 2.45) is 0 Å². The number of carboxylic acid groups (broad SMARTS) is 1. The summed E-state index contributed by atoms with van der Waals surface area (Å²) in [6.07, 6.45) is 3.49. The quantitative estimate of drug-likeness (QED) is 0.640. The molecule has 0 amide bonds. The summed E-state index contributed by atoms with van der Waals surface area (Å²) in [5.41, 5.74) is 7.97. The van der Waals surface area contributed by atoms with Gasteiger partial charge in [0.25, 0.3) is 0 Å². The van der Waals surface area contributed by atoms with Gasteiger partial charge in [0, 0.05) is 23.5 Å². The van der Waals surface area contributed by atoms with Crippen molar-refractivity contribution in [3.8, 4) is 0 Å². The Balaban J connectivity index is 2.06. The van der Waals surface area contributed by atoms with Gasteiger partial charge in [0.05, 0.1) is 16.9 Å². The Morgan fingerprint density at radius 2 is 2.00 bits per heavy atom. The standard InChI is InChI=1S/C16H13N3O2/c17-13-5-4-11(16(20)21)8-15(13)19-14-3-1-2-10-6-7-18-9-12(10)14/h1-9,19H,17H2,(H,20,21). The third kappa shape index (κ3) is 2.49. The number of aromatic carboxylic acids is 1. The van der Waals surface area contributed by atoms with Crippen molar-refractivity contribution in [2.45, 2.75) is 0 Å². The number of hydrogen-bond donors (Lipinski definition) is 3. The van der Waals surface area contributed by atoms with Crippen molar-refractivity contribution in [3.05, 3.63) is 60.4 Å². The molecule has 104 valence electrons. The van der Waals surface area contributed by atoms with E-state index < -0.39 is 5.97 Å². The molecule has 3 aromatic rings. The van der Waals surface area contributed by atoms with Gasteiger partial charge in [-0.2, -0.15) is 0 Å². The average Bonchev–Trinajstić information content (AvgIpc) is 2.49. The van der Waals surface area contributed by atoms with Crippen molar-refractivity contribution in [1.29, 1.82) is 0 Å². The molecule has 0 aliphatic heterocycles. The summed E-state index contributed by atoms with van der Waals surface area (Å²) in [7, 11) is 0. The van der Waals surface area contributed by atoms with E-state index in [0.717, 1.165) is 16.5 Å². The van der Waals surface area contributed by atoms with E-state index in [0.29, 0.717) is 11.4 Å². The summed E-state index contributed by atoms with van der Waals surface area (Å²) in [5.74, 6) is -0.988. The second-order valence-electron chi connectivity index (χ2n) is 4.63. The molecule has 4 N–H and O–H groups in total. The lowest BCUT2D eigenvalue weighted by atomic mass is 10.1. The molecule has 1 aromatic heterocycles. The molecule has 0 saturated carbocycles. The third-order valence-electron chi connectivity index (χ3n) is 3.25. The number of fused-ring (bicyclic) bond motifs is 1. The molecule has 0 bridgehead atoms. The van der Waals surface area contributed by atoms with Gasteiger partial charge in [0.1, 0.15) is 0 Å². The molecule has 0 spiro atoms. The molecule has 0 saturated heterocycles. The number of hydrogen-bond acceptors (Lipinski definition) is 4. The van der Waals surface area contributed by atoms with E-state index in [4.69, 9.17) is 10.8 Å². The van der Waals surface area contributed by atoms with Gasteiger partial charge in [-0.1, -0.05) is 12.1 Å². The first-order valence-corrected chi connectivity index (χ1v) is 6.38. The fraction of sp³-hybridized carbons (Fsp3) is 0. The summed E-state index contributed by atoms with van der Waals surface area (Å²) < 4.78 is 0. The van der Waals surface area contributed by atoms with Gasteiger partial charge in [0.15, 0.2) is 0 Å². The number of anilines is 3. The van der Waals surface area contributed by atoms with Gasteiger partial charge in [-0.3, -0.25) is 4.98 Å². The molecule has 2 aromatic carbocycles. The zero-order chi connectivity index (χ0) is 14.8. The van der Waals surface area contributed by atoms with Crippen LogP contribution in [-0.2, 0) is 0 Å². The Kier molecular flexibility index (Phi) is 3.16. The largest absolute Gasteiger partial charge is 0.478 e. The molecule has 0 radical (unpaired) electrons. The molecule has 1 heterocycles. The second-order valence-corrected chi connectivity index (χ2v) is 4.63. The summed E-state index contributed by atoms with van der Waals surface area (Å²) >= 11 is 0. The molecule has 0 aliphatic rings. The number of aromatic nitrogens is 1. The number of carboxylic acids is 1. The zero-order valence-corrected chi connectivity index (χ0v) is 11.1. The van der Waals surface area contributed by atoms with Crippen LogP contribution in [0.2, 0.25) is 0 Å². The van der Waals surface area contributed by atoms with Crippen LogP contribution in [0.3, 0.4) is 0 Å². The Morgan fingerprint density at radius 3 is 2.81 bits per heavy atom. The molecule has 0 atom stereocenters. The first-order valence-electron chi connectivity index (χ1n) is 6.38. The summed E-state index contributed by atoms with van der Waals surface area (Å²) in [4.78, 5) is 15.2. The highest BCUT2D eigenvalue weighted by molar-refractivity contribution is 5.97. The maximum absolute atomic E-state index is 11.1. The van der Waals surface area contributed by atoms with Crippen LogP contribution in [-0.4, -0.2) is 16.1 Å². The van der Waals surface area contributed by atoms with E-state index in [2.05, 4.69) is 10.3 Å². The lowest BCUT2D eigenvalue weighted by molar-refractivity contribution is 0.0697. The maximum Gasteiger partial charge on any atom is 0.335 e. The highest BCUT2D eigenvalue weighted by Gasteiger charge is 2.08. The number of benzene rings is 2. The molecule has 0 fully saturated rings. The SMILES string of the molecule is Nc1ccc(C(=O)O)cc1Nc1cccc2ccncc12. The highest BCUT2D eigenvalue weighted by atomic mass is 16.4. The van der Waals surface area contributed by atoms with E-state index in [9.17, 15) is 4.79 Å². The maximum atomic E-state index is 11.1. The molecule has 5 heteroatoms. The van der Waals surface area contributed by atoms with E-state index in [1.165, 1.54) is 12.1 Å². The van der Waals surface area contributed by atoms with Crippen LogP contribution < -0.4 is 11.1 Å². The van der Waals surface area contributed by atoms with Crippen LogP contribution in [0.1, 0.15) is 10.4 Å². The Morgan fingerprint density at radius 1 is 1.14 bits per heavy atom. The first kappa shape index (κ1) is 12.9. The van der Waals surface area contributed by atoms with Gasteiger partial charge in [0.2, 0.25) is 0 Å². The number of pyridine rings is 1. The van der Waals surface area contributed by atoms with Gasteiger partial charge >= 0.3 is 5.97 Å². The van der Waals surface area contributed by atoms with Crippen molar-refractivity contribution in [3.63, 3.8) is 0 Å². The molecule has 0 unspecified atom stereocenters. The minimum Gasteiger partial charge on any atom is -0.478 e. The lowest BCUT2D eigenvalue weighted by Crippen LogP contribution is -2.01. The van der Waals surface area contributed by atoms with Crippen molar-refractivity contribution >= 4 is 33.8 Å². The van der Waals surface area contributed by atoms with Crippen LogP contribution in [0.15, 0.2) is 54.9 Å². The van der Waals surface area contributed by atoms with E-state index >= 15 is 0 Å². The fourth-order valence-corrected chi connectivity index (χ4v) is 2.17. The van der Waals surface area contributed by atoms with Crippen molar-refractivity contribution in [2.75, 3.05) is 11.1 Å². The summed E-state index contributed by atoms with van der Waals surface area (Å²) in [6.45, 7) is 0. The third-order valence-corrected chi connectivity index (χ3v) is 3.25. The topological polar surface area (TPSA) is 88.2 Å². The van der Waals surface area contributed by atoms with E-state index in [1.54, 1.807) is 18.5 Å². The van der Waals surface area contributed by atoms with Gasteiger partial charge in [-0.25, -0.2) is 4.79 Å². The van der Waals surface area contributed by atoms with Gasteiger partial charge < -0.3 is 16.2 Å². The average molecular weight is 279 g/mol. The minimum atomic E-state index is -0.988. The lowest BCUT2D eigenvalue weighted by Gasteiger charge is -2.12. The van der Waals surface area contributed by atoms with Crippen LogP contribution in [0.25, 0.3) is 10.8 Å². The van der Waals surface area contributed by atoms with E-state index in [-0.39, 0.29) is 5.56 Å². The number of rotatable bonds is 3. The van der Waals surface area contributed by atoms with Crippen molar-refractivity contribution in [1.82, 2.24) is 4.98 Å². The monoisotopic (exact) mass is 279 g/mol. The number of nitrogen functional groups attached to an aromatic ring is 1. The predicted octanol–water partition coefficient (Wildman–Crippen LogP) is 3.26. The van der Waals surface area contributed by atoms with Gasteiger partial charge in [-0.15, -0.1) is 0 Å². The summed E-state index contributed by atoms with van der Waals surface area (Å²) in [5, 5.41) is 14.2. The Hall–Kier alpha value is -3.08. The number of nitrogens with two attached hydrogens (primary N) is 1. The number of nitrogens with one attached hydrogen (secondary N) is 1. The normalized spacial score (nSPS) is 10.5. The minimum absolute atomic E-state index is 0.185. The molecule has 3 rings (SSSR count). The first-order chi connectivity index (χ1) is 10.1. The molecule has 21 heavy (non-hydrogen) atoms. The Labute approximate surface area is 121 Å². The van der Waals surface area contributed by atoms with Crippen LogP contribution >= 0.6 is 0 Å². The molecule has 0 aliphatic carbocycles. The van der Waals surface area contributed by atoms with Crippen LogP contribution in [0, 0.1) is 0 Å². The highest BCUT2D eigenvalue weighted by Crippen LogP contribution is 2.29. The number of nitrogens with zero attached hydrogens (tertiary/aromatic N) is 1. The van der Waals surface area contributed by atoms with Crippen molar-refractivity contribution < 1.29 is 9.90 Å². The predicted molar refractivity (Wildman–Crippen MR) is 82.8 cm³/mol. The van der Waals surface area contributed by atoms with Gasteiger partial charge in [-0.05, 0) is 35.7 Å². The number of carbonyl (C=O) groups is 1. The second kappa shape index (κ2) is 5.13.